The number of piperidine rings is 1. The van der Waals surface area contributed by atoms with Crippen LogP contribution in [0.2, 0.25) is 0 Å². The number of nitrogens with zero attached hydrogens (tertiary/aromatic N) is 1. The molecule has 1 aromatic carbocycles. The lowest BCUT2D eigenvalue weighted by Gasteiger charge is -2.25. The zero-order valence-electron chi connectivity index (χ0n) is 15.7. The lowest BCUT2D eigenvalue weighted by atomic mass is 10.1. The van der Waals surface area contributed by atoms with E-state index in [4.69, 9.17) is 0 Å². The number of carbonyl (C=O) groups excluding carboxylic acids is 2. The van der Waals surface area contributed by atoms with Crippen molar-refractivity contribution < 1.29 is 22.7 Å². The highest BCUT2D eigenvalue weighted by Crippen LogP contribution is 2.28. The van der Waals surface area contributed by atoms with E-state index in [-0.39, 0.29) is 9.77 Å². The molecule has 1 aliphatic rings. The Balaban J connectivity index is 1.83. The summed E-state index contributed by atoms with van der Waals surface area (Å²) in [5, 5.41) is 4.36. The standard InChI is InChI=1S/C19H22N2O5S2/c1-13-12-14(19(23)26-2)6-7-15(13)20-18(22)17-16(8-11-27-17)28(24,25)21-9-4-3-5-10-21/h6-8,11-12H,3-5,9-10H2,1-2H3,(H,20,22). The van der Waals surface area contributed by atoms with Crippen LogP contribution in [-0.2, 0) is 14.8 Å². The molecule has 1 aromatic heterocycles. The normalized spacial score (nSPS) is 15.2. The first kappa shape index (κ1) is 20.5. The van der Waals surface area contributed by atoms with Crippen LogP contribution in [0.4, 0.5) is 5.69 Å². The Morgan fingerprint density at radius 1 is 1.14 bits per heavy atom. The summed E-state index contributed by atoms with van der Waals surface area (Å²) in [6, 6.07) is 6.25. The van der Waals surface area contributed by atoms with Gasteiger partial charge in [0, 0.05) is 18.8 Å². The summed E-state index contributed by atoms with van der Waals surface area (Å²) in [5.41, 5.74) is 1.56. The topological polar surface area (TPSA) is 92.8 Å². The number of amides is 1. The zero-order valence-corrected chi connectivity index (χ0v) is 17.4. The van der Waals surface area contributed by atoms with Gasteiger partial charge in [-0.25, -0.2) is 13.2 Å². The SMILES string of the molecule is COC(=O)c1ccc(NC(=O)c2sccc2S(=O)(=O)N2CCCCC2)c(C)c1. The summed E-state index contributed by atoms with van der Waals surface area (Å²) in [6.45, 7) is 2.71. The lowest BCUT2D eigenvalue weighted by Crippen LogP contribution is -2.36. The van der Waals surface area contributed by atoms with E-state index in [1.54, 1.807) is 30.5 Å². The van der Waals surface area contributed by atoms with E-state index in [0.29, 0.717) is 29.9 Å². The van der Waals surface area contributed by atoms with E-state index in [1.807, 2.05) is 0 Å². The van der Waals surface area contributed by atoms with Crippen LogP contribution in [0.1, 0.15) is 44.9 Å². The Morgan fingerprint density at radius 3 is 2.50 bits per heavy atom. The molecule has 0 unspecified atom stereocenters. The smallest absolute Gasteiger partial charge is 0.337 e. The summed E-state index contributed by atoms with van der Waals surface area (Å²) in [4.78, 5) is 24.6. The van der Waals surface area contributed by atoms with Crippen molar-refractivity contribution in [1.82, 2.24) is 4.31 Å². The largest absolute Gasteiger partial charge is 0.465 e. The van der Waals surface area contributed by atoms with Crippen molar-refractivity contribution in [1.29, 1.82) is 0 Å². The first-order chi connectivity index (χ1) is 13.3. The molecule has 0 atom stereocenters. The van der Waals surface area contributed by atoms with Crippen LogP contribution in [0.3, 0.4) is 0 Å². The molecule has 0 bridgehead atoms. The molecule has 0 radical (unpaired) electrons. The van der Waals surface area contributed by atoms with Crippen LogP contribution in [0.25, 0.3) is 0 Å². The molecule has 1 aliphatic heterocycles. The Kier molecular flexibility index (Phi) is 6.17. The Bertz CT molecular complexity index is 992. The van der Waals surface area contributed by atoms with Crippen LogP contribution in [0, 0.1) is 6.92 Å². The number of thiophene rings is 1. The molecule has 7 nitrogen and oxygen atoms in total. The van der Waals surface area contributed by atoms with Gasteiger partial charge in [-0.15, -0.1) is 11.3 Å². The van der Waals surface area contributed by atoms with Gasteiger partial charge in [0.2, 0.25) is 10.0 Å². The van der Waals surface area contributed by atoms with Gasteiger partial charge in [0.15, 0.2) is 0 Å². The van der Waals surface area contributed by atoms with Crippen molar-refractivity contribution in [3.05, 3.63) is 45.6 Å². The molecule has 1 amide bonds. The maximum absolute atomic E-state index is 12.9. The third-order valence-electron chi connectivity index (χ3n) is 4.66. The second kappa shape index (κ2) is 8.42. The molecule has 2 heterocycles. The molecule has 2 aromatic rings. The highest BCUT2D eigenvalue weighted by Gasteiger charge is 2.31. The summed E-state index contributed by atoms with van der Waals surface area (Å²) >= 11 is 1.09. The van der Waals surface area contributed by atoms with Crippen LogP contribution in [-0.4, -0.2) is 44.8 Å². The van der Waals surface area contributed by atoms with E-state index in [1.165, 1.54) is 17.5 Å². The van der Waals surface area contributed by atoms with E-state index >= 15 is 0 Å². The number of esters is 1. The van der Waals surface area contributed by atoms with Gasteiger partial charge in [-0.2, -0.15) is 4.31 Å². The number of sulfonamides is 1. The molecular formula is C19H22N2O5S2. The van der Waals surface area contributed by atoms with Crippen molar-refractivity contribution in [3.8, 4) is 0 Å². The fourth-order valence-electron chi connectivity index (χ4n) is 3.14. The molecule has 1 saturated heterocycles. The van der Waals surface area contributed by atoms with Crippen molar-refractivity contribution >= 4 is 38.9 Å². The number of nitrogens with one attached hydrogen (secondary N) is 1. The maximum atomic E-state index is 12.9. The van der Waals surface area contributed by atoms with E-state index in [0.717, 1.165) is 30.6 Å². The average molecular weight is 423 g/mol. The van der Waals surface area contributed by atoms with Crippen LogP contribution >= 0.6 is 11.3 Å². The van der Waals surface area contributed by atoms with E-state index in [2.05, 4.69) is 10.1 Å². The van der Waals surface area contributed by atoms with Crippen molar-refractivity contribution in [3.63, 3.8) is 0 Å². The van der Waals surface area contributed by atoms with Gasteiger partial charge >= 0.3 is 5.97 Å². The van der Waals surface area contributed by atoms with Gasteiger partial charge in [0.1, 0.15) is 9.77 Å². The number of benzene rings is 1. The zero-order chi connectivity index (χ0) is 20.3. The predicted molar refractivity (Wildman–Crippen MR) is 107 cm³/mol. The monoisotopic (exact) mass is 422 g/mol. The lowest BCUT2D eigenvalue weighted by molar-refractivity contribution is 0.0600. The molecule has 150 valence electrons. The Hall–Kier alpha value is -2.23. The van der Waals surface area contributed by atoms with Gasteiger partial charge < -0.3 is 10.1 Å². The van der Waals surface area contributed by atoms with Gasteiger partial charge in [-0.1, -0.05) is 6.42 Å². The number of anilines is 1. The summed E-state index contributed by atoms with van der Waals surface area (Å²) in [7, 11) is -2.40. The molecule has 0 aliphatic carbocycles. The maximum Gasteiger partial charge on any atom is 0.337 e. The molecule has 1 N–H and O–H groups in total. The highest BCUT2D eigenvalue weighted by molar-refractivity contribution is 7.89. The fourth-order valence-corrected chi connectivity index (χ4v) is 5.95. The van der Waals surface area contributed by atoms with Gasteiger partial charge in [0.05, 0.1) is 12.7 Å². The molecule has 0 saturated carbocycles. The van der Waals surface area contributed by atoms with Crippen LogP contribution in [0.15, 0.2) is 34.5 Å². The van der Waals surface area contributed by atoms with Gasteiger partial charge in [-0.3, -0.25) is 4.79 Å². The third kappa shape index (κ3) is 4.11. The quantitative estimate of drug-likeness (QED) is 0.747. The number of aryl methyl sites for hydroxylation is 1. The second-order valence-electron chi connectivity index (χ2n) is 6.55. The number of carbonyl (C=O) groups is 2. The first-order valence-electron chi connectivity index (χ1n) is 8.92. The summed E-state index contributed by atoms with van der Waals surface area (Å²) in [6.07, 6.45) is 2.68. The highest BCUT2D eigenvalue weighted by atomic mass is 32.2. The van der Waals surface area contributed by atoms with Gasteiger partial charge in [-0.05, 0) is 55.0 Å². The Morgan fingerprint density at radius 2 is 1.86 bits per heavy atom. The Labute approximate surface area is 168 Å². The average Bonchev–Trinajstić information content (AvgIpc) is 3.20. The molecule has 1 fully saturated rings. The molecule has 0 spiro atoms. The number of ether oxygens (including phenoxy) is 1. The minimum Gasteiger partial charge on any atom is -0.465 e. The van der Waals surface area contributed by atoms with E-state index in [9.17, 15) is 18.0 Å². The van der Waals surface area contributed by atoms with Crippen molar-refractivity contribution in [2.24, 2.45) is 0 Å². The molecular weight excluding hydrogens is 400 g/mol. The minimum atomic E-state index is -3.70. The number of rotatable bonds is 5. The van der Waals surface area contributed by atoms with Crippen LogP contribution < -0.4 is 5.32 Å². The summed E-state index contributed by atoms with van der Waals surface area (Å²) in [5.74, 6) is -0.950. The van der Waals surface area contributed by atoms with Crippen molar-refractivity contribution in [2.75, 3.05) is 25.5 Å². The molecule has 28 heavy (non-hydrogen) atoms. The van der Waals surface area contributed by atoms with Crippen molar-refractivity contribution in [2.45, 2.75) is 31.1 Å². The fraction of sp³-hybridized carbons (Fsp3) is 0.368. The van der Waals surface area contributed by atoms with E-state index < -0.39 is 21.9 Å². The molecule has 9 heteroatoms. The predicted octanol–water partition coefficient (Wildman–Crippen LogP) is 3.27. The summed E-state index contributed by atoms with van der Waals surface area (Å²) < 4.78 is 32.0. The van der Waals surface area contributed by atoms with Gasteiger partial charge in [0.25, 0.3) is 5.91 Å². The number of hydrogen-bond donors (Lipinski definition) is 1. The molecule has 3 rings (SSSR count). The second-order valence-corrected chi connectivity index (χ2v) is 9.38. The third-order valence-corrected chi connectivity index (χ3v) is 7.65. The minimum absolute atomic E-state index is 0.0423. The first-order valence-corrected chi connectivity index (χ1v) is 11.2. The number of methoxy groups -OCH3 is 1. The number of hydrogen-bond acceptors (Lipinski definition) is 6. The van der Waals surface area contributed by atoms with Crippen LogP contribution in [0.5, 0.6) is 0 Å².